The Balaban J connectivity index is 1.57. The highest BCUT2D eigenvalue weighted by atomic mass is 16.5. The number of aromatic nitrogens is 1. The van der Waals surface area contributed by atoms with Crippen LogP contribution in [-0.2, 0) is 13.0 Å². The maximum absolute atomic E-state index is 10.8. The number of nitrogens with zero attached hydrogens (tertiary/aromatic N) is 1. The van der Waals surface area contributed by atoms with E-state index in [0.717, 1.165) is 50.2 Å². The van der Waals surface area contributed by atoms with Gasteiger partial charge in [-0.05, 0) is 30.9 Å². The van der Waals surface area contributed by atoms with Crippen LogP contribution in [0.15, 0.2) is 18.2 Å². The summed E-state index contributed by atoms with van der Waals surface area (Å²) in [5.74, 6) is 0.911. The Bertz CT molecular complexity index is 701. The summed E-state index contributed by atoms with van der Waals surface area (Å²) in [7, 11) is 1.72. The number of hydrogen-bond donors (Lipinski definition) is 2. The van der Waals surface area contributed by atoms with Crippen molar-refractivity contribution in [3.8, 4) is 5.75 Å². The lowest BCUT2D eigenvalue weighted by Crippen LogP contribution is -2.46. The third kappa shape index (κ3) is 2.74. The maximum atomic E-state index is 10.8. The second-order valence-electron chi connectivity index (χ2n) is 7.21. The first kappa shape index (κ1) is 15.0. The topological polar surface area (TPSA) is 48.5 Å². The average Bonchev–Trinajstić information content (AvgIpc) is 2.92. The minimum atomic E-state index is -0.473. The molecular weight excluding hydrogens is 288 g/mol. The standard InChI is InChI=1S/C19H26N2O2/c1-23-17-7-5-6-15-14-8-11-21(12-16(14)20-18(15)17)13-19(22)9-3-2-4-10-19/h5-7,20,22H,2-4,8-13H2,1H3. The van der Waals surface area contributed by atoms with Crippen LogP contribution in [0.3, 0.4) is 0 Å². The molecule has 1 saturated carbocycles. The molecule has 0 radical (unpaired) electrons. The van der Waals surface area contributed by atoms with Gasteiger partial charge in [0.25, 0.3) is 0 Å². The highest BCUT2D eigenvalue weighted by molar-refractivity contribution is 5.89. The van der Waals surface area contributed by atoms with Crippen LogP contribution in [0.1, 0.15) is 43.4 Å². The van der Waals surface area contributed by atoms with Gasteiger partial charge in [-0.3, -0.25) is 4.90 Å². The Hall–Kier alpha value is -1.52. The number of H-pyrrole nitrogens is 1. The zero-order chi connectivity index (χ0) is 15.9. The molecule has 2 aliphatic rings. The van der Waals surface area contributed by atoms with Gasteiger partial charge >= 0.3 is 0 Å². The molecule has 0 unspecified atom stereocenters. The summed E-state index contributed by atoms with van der Waals surface area (Å²) in [6.45, 7) is 2.73. The van der Waals surface area contributed by atoms with Crippen LogP contribution < -0.4 is 4.74 Å². The third-order valence-electron chi connectivity index (χ3n) is 5.57. The van der Waals surface area contributed by atoms with E-state index in [2.05, 4.69) is 22.0 Å². The van der Waals surface area contributed by atoms with Crippen molar-refractivity contribution in [3.05, 3.63) is 29.5 Å². The van der Waals surface area contributed by atoms with Crippen molar-refractivity contribution in [1.29, 1.82) is 0 Å². The van der Waals surface area contributed by atoms with Crippen LogP contribution in [0.2, 0.25) is 0 Å². The smallest absolute Gasteiger partial charge is 0.142 e. The fourth-order valence-corrected chi connectivity index (χ4v) is 4.38. The molecule has 1 fully saturated rings. The third-order valence-corrected chi connectivity index (χ3v) is 5.57. The fourth-order valence-electron chi connectivity index (χ4n) is 4.38. The van der Waals surface area contributed by atoms with Crippen molar-refractivity contribution >= 4 is 10.9 Å². The molecule has 124 valence electrons. The average molecular weight is 314 g/mol. The molecule has 4 nitrogen and oxygen atoms in total. The minimum absolute atomic E-state index is 0.473. The summed E-state index contributed by atoms with van der Waals surface area (Å²) < 4.78 is 5.48. The second-order valence-corrected chi connectivity index (χ2v) is 7.21. The first-order valence-corrected chi connectivity index (χ1v) is 8.80. The number of nitrogens with one attached hydrogen (secondary N) is 1. The van der Waals surface area contributed by atoms with Crippen molar-refractivity contribution < 1.29 is 9.84 Å². The number of β-amino-alcohol motifs (C(OH)–C–C–N with tert-alkyl or cyclic N) is 1. The van der Waals surface area contributed by atoms with E-state index in [1.54, 1.807) is 7.11 Å². The molecular formula is C19H26N2O2. The monoisotopic (exact) mass is 314 g/mol. The molecule has 0 spiro atoms. The van der Waals surface area contributed by atoms with Gasteiger partial charge in [-0.2, -0.15) is 0 Å². The van der Waals surface area contributed by atoms with Crippen molar-refractivity contribution in [2.75, 3.05) is 20.2 Å². The van der Waals surface area contributed by atoms with Gasteiger partial charge in [0.05, 0.1) is 18.2 Å². The van der Waals surface area contributed by atoms with E-state index in [-0.39, 0.29) is 0 Å². The van der Waals surface area contributed by atoms with Crippen LogP contribution in [0.4, 0.5) is 0 Å². The van der Waals surface area contributed by atoms with Gasteiger partial charge in [-0.25, -0.2) is 0 Å². The molecule has 0 amide bonds. The number of para-hydroxylation sites is 1. The van der Waals surface area contributed by atoms with Gasteiger partial charge < -0.3 is 14.8 Å². The predicted molar refractivity (Wildman–Crippen MR) is 91.9 cm³/mol. The Kier molecular flexibility index (Phi) is 3.82. The van der Waals surface area contributed by atoms with Crippen LogP contribution in [0.25, 0.3) is 10.9 Å². The van der Waals surface area contributed by atoms with Crippen molar-refractivity contribution in [2.45, 2.75) is 50.7 Å². The molecule has 1 aliphatic carbocycles. The Morgan fingerprint density at radius 1 is 1.26 bits per heavy atom. The summed E-state index contributed by atoms with van der Waals surface area (Å²) in [6, 6.07) is 6.25. The number of rotatable bonds is 3. The Morgan fingerprint density at radius 2 is 2.09 bits per heavy atom. The molecule has 1 aromatic heterocycles. The molecule has 1 aliphatic heterocycles. The van der Waals surface area contributed by atoms with Gasteiger partial charge in [0, 0.05) is 30.7 Å². The predicted octanol–water partition coefficient (Wildman–Crippen LogP) is 3.23. The quantitative estimate of drug-likeness (QED) is 0.914. The molecule has 0 bridgehead atoms. The number of methoxy groups -OCH3 is 1. The summed E-state index contributed by atoms with van der Waals surface area (Å²) in [4.78, 5) is 5.98. The highest BCUT2D eigenvalue weighted by Crippen LogP contribution is 2.34. The normalized spacial score (nSPS) is 21.3. The first-order valence-electron chi connectivity index (χ1n) is 8.80. The van der Waals surface area contributed by atoms with Crippen LogP contribution in [0.5, 0.6) is 5.75 Å². The van der Waals surface area contributed by atoms with Gasteiger partial charge in [-0.1, -0.05) is 31.4 Å². The van der Waals surface area contributed by atoms with Crippen LogP contribution in [-0.4, -0.2) is 40.8 Å². The van der Waals surface area contributed by atoms with Crippen molar-refractivity contribution in [3.63, 3.8) is 0 Å². The molecule has 2 aromatic rings. The number of hydrogen-bond acceptors (Lipinski definition) is 3. The lowest BCUT2D eigenvalue weighted by Gasteiger charge is -2.38. The summed E-state index contributed by atoms with van der Waals surface area (Å²) in [5.41, 5.74) is 3.35. The van der Waals surface area contributed by atoms with E-state index in [0.29, 0.717) is 0 Å². The van der Waals surface area contributed by atoms with Gasteiger partial charge in [0.1, 0.15) is 5.75 Å². The molecule has 0 atom stereocenters. The molecule has 23 heavy (non-hydrogen) atoms. The zero-order valence-corrected chi connectivity index (χ0v) is 13.9. The fraction of sp³-hybridized carbons (Fsp3) is 0.579. The van der Waals surface area contributed by atoms with Gasteiger partial charge in [0.15, 0.2) is 0 Å². The molecule has 4 heteroatoms. The number of aliphatic hydroxyl groups is 1. The van der Waals surface area contributed by atoms with Crippen LogP contribution >= 0.6 is 0 Å². The van der Waals surface area contributed by atoms with Gasteiger partial charge in [-0.15, -0.1) is 0 Å². The maximum Gasteiger partial charge on any atom is 0.142 e. The SMILES string of the molecule is COc1cccc2c3c([nH]c12)CN(CC1(O)CCCCC1)CC3. The number of fused-ring (bicyclic) bond motifs is 3. The minimum Gasteiger partial charge on any atom is -0.495 e. The van der Waals surface area contributed by atoms with Crippen LogP contribution in [0, 0.1) is 0 Å². The summed E-state index contributed by atoms with van der Waals surface area (Å²) >= 11 is 0. The molecule has 4 rings (SSSR count). The second kappa shape index (κ2) is 5.84. The largest absolute Gasteiger partial charge is 0.495 e. The van der Waals surface area contributed by atoms with E-state index < -0.39 is 5.60 Å². The first-order chi connectivity index (χ1) is 11.2. The molecule has 0 saturated heterocycles. The Labute approximate surface area is 137 Å². The summed E-state index contributed by atoms with van der Waals surface area (Å²) in [6.07, 6.45) is 6.55. The molecule has 1 aromatic carbocycles. The molecule has 2 N–H and O–H groups in total. The van der Waals surface area contributed by atoms with Gasteiger partial charge in [0.2, 0.25) is 0 Å². The lowest BCUT2D eigenvalue weighted by atomic mass is 9.84. The zero-order valence-electron chi connectivity index (χ0n) is 13.9. The number of benzene rings is 1. The van der Waals surface area contributed by atoms with Crippen molar-refractivity contribution in [1.82, 2.24) is 9.88 Å². The van der Waals surface area contributed by atoms with E-state index in [1.165, 1.54) is 35.9 Å². The van der Waals surface area contributed by atoms with Crippen molar-refractivity contribution in [2.24, 2.45) is 0 Å². The number of aromatic amines is 1. The highest BCUT2D eigenvalue weighted by Gasteiger charge is 2.33. The number of ether oxygens (including phenoxy) is 1. The Morgan fingerprint density at radius 3 is 2.87 bits per heavy atom. The van der Waals surface area contributed by atoms with E-state index in [9.17, 15) is 5.11 Å². The van der Waals surface area contributed by atoms with E-state index in [4.69, 9.17) is 4.74 Å². The lowest BCUT2D eigenvalue weighted by molar-refractivity contribution is -0.0293. The summed E-state index contributed by atoms with van der Waals surface area (Å²) in [5, 5.41) is 12.1. The van der Waals surface area contributed by atoms with E-state index >= 15 is 0 Å². The van der Waals surface area contributed by atoms with E-state index in [1.807, 2.05) is 6.07 Å². The molecule has 2 heterocycles.